The van der Waals surface area contributed by atoms with Gasteiger partial charge in [0.05, 0.1) is 5.56 Å². The first-order valence-electron chi connectivity index (χ1n) is 5.56. The monoisotopic (exact) mass is 252 g/mol. The van der Waals surface area contributed by atoms with Gasteiger partial charge < -0.3 is 16.6 Å². The van der Waals surface area contributed by atoms with Gasteiger partial charge in [0.1, 0.15) is 0 Å². The van der Waals surface area contributed by atoms with Crippen LogP contribution in [0, 0.1) is 11.8 Å². The van der Waals surface area contributed by atoms with Crippen molar-refractivity contribution in [2.75, 3.05) is 11.5 Å². The SMILES string of the molecule is Nc1ccc(C#Cc2ccc(N)cc2C(=O)O)cc1. The van der Waals surface area contributed by atoms with Gasteiger partial charge in [0.2, 0.25) is 0 Å². The summed E-state index contributed by atoms with van der Waals surface area (Å²) in [5.41, 5.74) is 13.5. The van der Waals surface area contributed by atoms with Gasteiger partial charge in [-0.25, -0.2) is 4.79 Å². The van der Waals surface area contributed by atoms with Crippen LogP contribution in [0.1, 0.15) is 21.5 Å². The Morgan fingerprint density at radius 1 is 0.947 bits per heavy atom. The van der Waals surface area contributed by atoms with Crippen LogP contribution in [-0.2, 0) is 0 Å². The van der Waals surface area contributed by atoms with Crippen LogP contribution >= 0.6 is 0 Å². The van der Waals surface area contributed by atoms with Crippen molar-refractivity contribution >= 4 is 17.3 Å². The molecule has 0 aliphatic carbocycles. The van der Waals surface area contributed by atoms with Crippen molar-refractivity contribution in [1.29, 1.82) is 0 Å². The molecule has 2 aromatic carbocycles. The topological polar surface area (TPSA) is 89.3 Å². The average Bonchev–Trinajstić information content (AvgIpc) is 2.39. The number of hydrogen-bond donors (Lipinski definition) is 3. The Hall–Kier alpha value is -2.93. The molecule has 4 nitrogen and oxygen atoms in total. The molecule has 0 spiro atoms. The molecule has 0 saturated carbocycles. The van der Waals surface area contributed by atoms with E-state index in [0.29, 0.717) is 16.9 Å². The maximum atomic E-state index is 11.1. The fourth-order valence-corrected chi connectivity index (χ4v) is 1.55. The minimum Gasteiger partial charge on any atom is -0.478 e. The third-order valence-electron chi connectivity index (χ3n) is 2.53. The van der Waals surface area contributed by atoms with E-state index in [2.05, 4.69) is 11.8 Å². The van der Waals surface area contributed by atoms with Crippen LogP contribution in [0.2, 0.25) is 0 Å². The van der Waals surface area contributed by atoms with E-state index in [-0.39, 0.29) is 5.56 Å². The molecule has 0 fully saturated rings. The molecule has 0 aliphatic heterocycles. The van der Waals surface area contributed by atoms with Gasteiger partial charge in [-0.3, -0.25) is 0 Å². The predicted octanol–water partition coefficient (Wildman–Crippen LogP) is 1.95. The number of aromatic carboxylic acids is 1. The van der Waals surface area contributed by atoms with Crippen LogP contribution < -0.4 is 11.5 Å². The third-order valence-corrected chi connectivity index (χ3v) is 2.53. The molecule has 5 N–H and O–H groups in total. The lowest BCUT2D eigenvalue weighted by atomic mass is 10.1. The minimum atomic E-state index is -1.05. The number of carboxylic acids is 1. The molecule has 0 bridgehead atoms. The molecular weight excluding hydrogens is 240 g/mol. The Morgan fingerprint density at radius 2 is 1.58 bits per heavy atom. The zero-order valence-corrected chi connectivity index (χ0v) is 10.1. The summed E-state index contributed by atoms with van der Waals surface area (Å²) in [6.07, 6.45) is 0. The molecule has 0 saturated heterocycles. The number of nitrogen functional groups attached to an aromatic ring is 2. The van der Waals surface area contributed by atoms with Crippen LogP contribution in [0.25, 0.3) is 0 Å². The van der Waals surface area contributed by atoms with Gasteiger partial charge >= 0.3 is 5.97 Å². The Morgan fingerprint density at radius 3 is 2.21 bits per heavy atom. The molecule has 0 atom stereocenters. The Kier molecular flexibility index (Phi) is 3.39. The van der Waals surface area contributed by atoms with Gasteiger partial charge in [-0.15, -0.1) is 0 Å². The zero-order valence-electron chi connectivity index (χ0n) is 10.1. The Bertz CT molecular complexity index is 680. The highest BCUT2D eigenvalue weighted by atomic mass is 16.4. The first-order chi connectivity index (χ1) is 9.06. The molecule has 2 aromatic rings. The summed E-state index contributed by atoms with van der Waals surface area (Å²) in [5, 5.41) is 9.08. The van der Waals surface area contributed by atoms with E-state index in [1.807, 2.05) is 0 Å². The number of carbonyl (C=O) groups is 1. The summed E-state index contributed by atoms with van der Waals surface area (Å²) in [4.78, 5) is 11.1. The van der Waals surface area contributed by atoms with E-state index >= 15 is 0 Å². The molecule has 0 amide bonds. The maximum Gasteiger partial charge on any atom is 0.337 e. The third kappa shape index (κ3) is 3.05. The number of nitrogens with two attached hydrogens (primary N) is 2. The fraction of sp³-hybridized carbons (Fsp3) is 0. The highest BCUT2D eigenvalue weighted by molar-refractivity contribution is 5.92. The molecule has 94 valence electrons. The van der Waals surface area contributed by atoms with Crippen LogP contribution in [0.4, 0.5) is 11.4 Å². The fourth-order valence-electron chi connectivity index (χ4n) is 1.55. The summed E-state index contributed by atoms with van der Waals surface area (Å²) >= 11 is 0. The molecule has 0 unspecified atom stereocenters. The molecular formula is C15H12N2O2. The molecule has 0 heterocycles. The molecule has 2 rings (SSSR count). The highest BCUT2D eigenvalue weighted by Crippen LogP contribution is 2.13. The van der Waals surface area contributed by atoms with Crippen LogP contribution in [0.15, 0.2) is 42.5 Å². The zero-order chi connectivity index (χ0) is 13.8. The minimum absolute atomic E-state index is 0.0999. The Balaban J connectivity index is 2.39. The second-order valence-electron chi connectivity index (χ2n) is 3.98. The summed E-state index contributed by atoms with van der Waals surface area (Å²) in [5.74, 6) is 4.68. The van der Waals surface area contributed by atoms with Crippen molar-refractivity contribution in [3.8, 4) is 11.8 Å². The van der Waals surface area contributed by atoms with Crippen molar-refractivity contribution in [2.24, 2.45) is 0 Å². The lowest BCUT2D eigenvalue weighted by Crippen LogP contribution is -2.01. The molecule has 0 aliphatic rings. The van der Waals surface area contributed by atoms with Gasteiger partial charge in [-0.2, -0.15) is 0 Å². The van der Waals surface area contributed by atoms with Gasteiger partial charge in [0.25, 0.3) is 0 Å². The smallest absolute Gasteiger partial charge is 0.337 e. The maximum absolute atomic E-state index is 11.1. The van der Waals surface area contributed by atoms with Crippen LogP contribution in [0.5, 0.6) is 0 Å². The largest absolute Gasteiger partial charge is 0.478 e. The second-order valence-corrected chi connectivity index (χ2v) is 3.98. The summed E-state index contributed by atoms with van der Waals surface area (Å²) in [7, 11) is 0. The molecule has 0 radical (unpaired) electrons. The van der Waals surface area contributed by atoms with Crippen LogP contribution in [-0.4, -0.2) is 11.1 Å². The van der Waals surface area contributed by atoms with Crippen molar-refractivity contribution in [3.63, 3.8) is 0 Å². The van der Waals surface area contributed by atoms with Gasteiger partial charge in [-0.1, -0.05) is 11.8 Å². The normalized spacial score (nSPS) is 9.47. The first-order valence-corrected chi connectivity index (χ1v) is 5.56. The molecule has 19 heavy (non-hydrogen) atoms. The van der Waals surface area contributed by atoms with E-state index in [1.165, 1.54) is 6.07 Å². The number of anilines is 2. The quantitative estimate of drug-likeness (QED) is 0.534. The van der Waals surface area contributed by atoms with E-state index < -0.39 is 5.97 Å². The van der Waals surface area contributed by atoms with Gasteiger partial charge in [0.15, 0.2) is 0 Å². The van der Waals surface area contributed by atoms with Gasteiger partial charge in [0, 0.05) is 22.5 Å². The van der Waals surface area contributed by atoms with Crippen molar-refractivity contribution in [3.05, 3.63) is 59.2 Å². The van der Waals surface area contributed by atoms with E-state index in [4.69, 9.17) is 16.6 Å². The molecule has 0 aromatic heterocycles. The highest BCUT2D eigenvalue weighted by Gasteiger charge is 2.08. The average molecular weight is 252 g/mol. The van der Waals surface area contributed by atoms with E-state index in [0.717, 1.165) is 5.56 Å². The van der Waals surface area contributed by atoms with Crippen molar-refractivity contribution in [1.82, 2.24) is 0 Å². The van der Waals surface area contributed by atoms with Crippen LogP contribution in [0.3, 0.4) is 0 Å². The summed E-state index contributed by atoms with van der Waals surface area (Å²) < 4.78 is 0. The number of rotatable bonds is 1. The van der Waals surface area contributed by atoms with Crippen molar-refractivity contribution in [2.45, 2.75) is 0 Å². The Labute approximate surface area is 110 Å². The summed E-state index contributed by atoms with van der Waals surface area (Å²) in [6.45, 7) is 0. The van der Waals surface area contributed by atoms with Crippen molar-refractivity contribution < 1.29 is 9.90 Å². The standard InChI is InChI=1S/C15H12N2O2/c16-12-6-2-10(3-7-12)1-4-11-5-8-13(17)9-14(11)15(18)19/h2-3,5-9H,16-17H2,(H,18,19). The second kappa shape index (κ2) is 5.15. The number of carboxylic acid groups (broad SMARTS) is 1. The van der Waals surface area contributed by atoms with E-state index in [1.54, 1.807) is 36.4 Å². The first kappa shape index (κ1) is 12.5. The lowest BCUT2D eigenvalue weighted by molar-refractivity contribution is 0.0696. The van der Waals surface area contributed by atoms with Gasteiger partial charge in [-0.05, 0) is 42.5 Å². The predicted molar refractivity (Wildman–Crippen MR) is 74.6 cm³/mol. The lowest BCUT2D eigenvalue weighted by Gasteiger charge is -2.00. The number of hydrogen-bond acceptors (Lipinski definition) is 3. The van der Waals surface area contributed by atoms with E-state index in [9.17, 15) is 4.79 Å². The molecule has 4 heteroatoms. The number of benzene rings is 2. The summed E-state index contributed by atoms with van der Waals surface area (Å²) in [6, 6.07) is 11.7.